The highest BCUT2D eigenvalue weighted by Gasteiger charge is 2.21. The predicted molar refractivity (Wildman–Crippen MR) is 138 cm³/mol. The van der Waals surface area contributed by atoms with E-state index in [9.17, 15) is 4.79 Å². The lowest BCUT2D eigenvalue weighted by Gasteiger charge is -2.10. The molecule has 0 saturated carbocycles. The summed E-state index contributed by atoms with van der Waals surface area (Å²) in [6.45, 7) is 6.87. The van der Waals surface area contributed by atoms with Crippen LogP contribution in [0.2, 0.25) is 10.0 Å². The average Bonchev–Trinajstić information content (AvgIpc) is 3.09. The van der Waals surface area contributed by atoms with Crippen LogP contribution < -0.4 is 10.6 Å². The number of nitrogens with zero attached hydrogens (tertiary/aromatic N) is 4. The van der Waals surface area contributed by atoms with Gasteiger partial charge < -0.3 is 10.6 Å². The molecule has 34 heavy (non-hydrogen) atoms. The van der Waals surface area contributed by atoms with E-state index in [1.54, 1.807) is 22.9 Å². The molecular weight excluding hydrogens is 471 g/mol. The van der Waals surface area contributed by atoms with Crippen molar-refractivity contribution < 1.29 is 4.79 Å². The van der Waals surface area contributed by atoms with Gasteiger partial charge in [-0.15, -0.1) is 0 Å². The van der Waals surface area contributed by atoms with E-state index in [0.29, 0.717) is 57.8 Å². The number of aromatic nitrogens is 4. The fourth-order valence-corrected chi connectivity index (χ4v) is 4.43. The number of carbonyl (C=O) groups is 1. The summed E-state index contributed by atoms with van der Waals surface area (Å²) in [6.07, 6.45) is 0.347. The molecule has 2 N–H and O–H groups in total. The third kappa shape index (κ3) is 5.00. The molecule has 0 aliphatic carbocycles. The number of nitrogens with one attached hydrogen (secondary N) is 2. The molecule has 2 heterocycles. The van der Waals surface area contributed by atoms with E-state index < -0.39 is 0 Å². The lowest BCUT2D eigenvalue weighted by atomic mass is 10.0. The molecule has 0 aliphatic rings. The second-order valence-corrected chi connectivity index (χ2v) is 9.07. The van der Waals surface area contributed by atoms with E-state index in [1.807, 2.05) is 33.0 Å². The molecule has 0 radical (unpaired) electrons. The van der Waals surface area contributed by atoms with Crippen molar-refractivity contribution in [2.24, 2.45) is 7.05 Å². The summed E-state index contributed by atoms with van der Waals surface area (Å²) < 4.78 is 1.71. The molecule has 2 aromatic carbocycles. The monoisotopic (exact) mass is 496 g/mol. The van der Waals surface area contributed by atoms with Crippen LogP contribution in [0, 0.1) is 20.8 Å². The van der Waals surface area contributed by atoms with Gasteiger partial charge in [0.1, 0.15) is 11.3 Å². The Morgan fingerprint density at radius 1 is 0.971 bits per heavy atom. The fraction of sp³-hybridized carbons (Fsp3) is 0.280. The highest BCUT2D eigenvalue weighted by Crippen LogP contribution is 2.38. The number of hydrogen-bond donors (Lipinski definition) is 2. The lowest BCUT2D eigenvalue weighted by Crippen LogP contribution is -2.30. The standard InChI is InChI=1S/C25H26Cl2N6O/c1-14-8-9-17(12-15(14)2)13-20(34)28-10-11-29-25-23-22(30-16(3)31-25)24(33(4)32-23)21-18(26)6-5-7-19(21)27/h5-9,12H,10-11,13H2,1-4H3,(H,28,34)(H,29,30,31). The first-order valence-corrected chi connectivity index (χ1v) is 11.7. The van der Waals surface area contributed by atoms with Crippen molar-refractivity contribution in [3.63, 3.8) is 0 Å². The molecule has 7 nitrogen and oxygen atoms in total. The van der Waals surface area contributed by atoms with Crippen molar-refractivity contribution in [1.82, 2.24) is 25.1 Å². The highest BCUT2D eigenvalue weighted by atomic mass is 35.5. The number of hydrogen-bond acceptors (Lipinski definition) is 5. The second kappa shape index (κ2) is 9.99. The Labute approximate surface area is 208 Å². The van der Waals surface area contributed by atoms with Crippen LogP contribution in [0.25, 0.3) is 22.3 Å². The molecule has 2 aromatic heterocycles. The first-order valence-electron chi connectivity index (χ1n) is 11.0. The quantitative estimate of drug-likeness (QED) is 0.350. The molecule has 0 spiro atoms. The number of carbonyl (C=O) groups excluding carboxylic acids is 1. The minimum atomic E-state index is -0.0254. The minimum Gasteiger partial charge on any atom is -0.366 e. The molecule has 0 aliphatic heterocycles. The largest absolute Gasteiger partial charge is 0.366 e. The summed E-state index contributed by atoms with van der Waals surface area (Å²) in [7, 11) is 1.82. The zero-order valence-electron chi connectivity index (χ0n) is 19.5. The van der Waals surface area contributed by atoms with Gasteiger partial charge in [-0.05, 0) is 49.6 Å². The lowest BCUT2D eigenvalue weighted by molar-refractivity contribution is -0.120. The van der Waals surface area contributed by atoms with Crippen molar-refractivity contribution in [2.75, 3.05) is 18.4 Å². The zero-order valence-corrected chi connectivity index (χ0v) is 21.1. The smallest absolute Gasteiger partial charge is 0.224 e. The van der Waals surface area contributed by atoms with Gasteiger partial charge in [-0.1, -0.05) is 47.5 Å². The van der Waals surface area contributed by atoms with E-state index in [4.69, 9.17) is 23.2 Å². The summed E-state index contributed by atoms with van der Waals surface area (Å²) in [6, 6.07) is 11.5. The van der Waals surface area contributed by atoms with Crippen molar-refractivity contribution in [2.45, 2.75) is 27.2 Å². The maximum Gasteiger partial charge on any atom is 0.224 e. The van der Waals surface area contributed by atoms with Gasteiger partial charge in [-0.25, -0.2) is 9.97 Å². The summed E-state index contributed by atoms with van der Waals surface area (Å²) in [5.74, 6) is 1.16. The summed E-state index contributed by atoms with van der Waals surface area (Å²) in [5, 5.41) is 11.9. The van der Waals surface area contributed by atoms with Crippen molar-refractivity contribution >= 4 is 46.0 Å². The Kier molecular flexibility index (Phi) is 7.05. The third-order valence-corrected chi connectivity index (χ3v) is 6.30. The van der Waals surface area contributed by atoms with Crippen LogP contribution in [0.1, 0.15) is 22.5 Å². The van der Waals surface area contributed by atoms with E-state index in [0.717, 1.165) is 11.3 Å². The highest BCUT2D eigenvalue weighted by molar-refractivity contribution is 6.39. The normalized spacial score (nSPS) is 11.1. The molecular formula is C25H26Cl2N6O. The summed E-state index contributed by atoms with van der Waals surface area (Å²) >= 11 is 12.9. The van der Waals surface area contributed by atoms with Crippen molar-refractivity contribution in [3.8, 4) is 11.3 Å². The zero-order chi connectivity index (χ0) is 24.4. The molecule has 0 saturated heterocycles. The van der Waals surface area contributed by atoms with Gasteiger partial charge in [0.15, 0.2) is 11.3 Å². The van der Waals surface area contributed by atoms with Gasteiger partial charge in [0.25, 0.3) is 0 Å². The molecule has 176 valence electrons. The van der Waals surface area contributed by atoms with E-state index in [-0.39, 0.29) is 5.91 Å². The van der Waals surface area contributed by atoms with Gasteiger partial charge in [0, 0.05) is 25.7 Å². The van der Waals surface area contributed by atoms with Crippen LogP contribution in [0.4, 0.5) is 5.82 Å². The number of halogens is 2. The predicted octanol–water partition coefficient (Wildman–Crippen LogP) is 5.03. The number of fused-ring (bicyclic) bond motifs is 1. The Bertz CT molecular complexity index is 1360. The Hall–Kier alpha value is -3.16. The van der Waals surface area contributed by atoms with Gasteiger partial charge >= 0.3 is 0 Å². The van der Waals surface area contributed by atoms with Gasteiger partial charge in [0.05, 0.1) is 22.2 Å². The van der Waals surface area contributed by atoms with E-state index in [1.165, 1.54) is 11.1 Å². The van der Waals surface area contributed by atoms with Crippen molar-refractivity contribution in [1.29, 1.82) is 0 Å². The Morgan fingerprint density at radius 2 is 1.71 bits per heavy atom. The van der Waals surface area contributed by atoms with Gasteiger partial charge in [-0.2, -0.15) is 5.10 Å². The average molecular weight is 497 g/mol. The van der Waals surface area contributed by atoms with Crippen LogP contribution >= 0.6 is 23.2 Å². The second-order valence-electron chi connectivity index (χ2n) is 8.26. The maximum atomic E-state index is 12.3. The summed E-state index contributed by atoms with van der Waals surface area (Å²) in [5.41, 5.74) is 6.07. The molecule has 4 aromatic rings. The number of benzene rings is 2. The number of rotatable bonds is 7. The van der Waals surface area contributed by atoms with Crippen LogP contribution in [0.3, 0.4) is 0 Å². The molecule has 0 unspecified atom stereocenters. The third-order valence-electron chi connectivity index (χ3n) is 5.67. The first-order chi connectivity index (χ1) is 16.2. The van der Waals surface area contributed by atoms with Crippen LogP contribution in [0.5, 0.6) is 0 Å². The maximum absolute atomic E-state index is 12.3. The van der Waals surface area contributed by atoms with Crippen LogP contribution in [0.15, 0.2) is 36.4 Å². The molecule has 9 heteroatoms. The van der Waals surface area contributed by atoms with Crippen LogP contribution in [-0.2, 0) is 18.3 Å². The first kappa shape index (κ1) is 24.0. The minimum absolute atomic E-state index is 0.0254. The molecule has 1 amide bonds. The molecule has 0 fully saturated rings. The van der Waals surface area contributed by atoms with E-state index >= 15 is 0 Å². The number of anilines is 1. The molecule has 0 bridgehead atoms. The molecule has 4 rings (SSSR count). The SMILES string of the molecule is Cc1nc(NCCNC(=O)Cc2ccc(C)c(C)c2)c2nn(C)c(-c3c(Cl)cccc3Cl)c2n1. The Morgan fingerprint density at radius 3 is 2.41 bits per heavy atom. The van der Waals surface area contributed by atoms with E-state index in [2.05, 4.69) is 38.7 Å². The Balaban J connectivity index is 1.48. The fourth-order valence-electron chi connectivity index (χ4n) is 3.85. The number of amides is 1. The van der Waals surface area contributed by atoms with Crippen LogP contribution in [-0.4, -0.2) is 38.7 Å². The van der Waals surface area contributed by atoms with Crippen molar-refractivity contribution in [3.05, 3.63) is 69.0 Å². The van der Waals surface area contributed by atoms with Gasteiger partial charge in [-0.3, -0.25) is 9.48 Å². The molecule has 0 atom stereocenters. The topological polar surface area (TPSA) is 84.7 Å². The summed E-state index contributed by atoms with van der Waals surface area (Å²) in [4.78, 5) is 21.5. The van der Waals surface area contributed by atoms with Gasteiger partial charge in [0.2, 0.25) is 5.91 Å². The number of aryl methyl sites for hydroxylation is 4.